The third-order valence-corrected chi connectivity index (χ3v) is 13.8. The number of hydrogen-bond donors (Lipinski definition) is 0. The third-order valence-electron chi connectivity index (χ3n) is 13.8. The molecule has 0 spiro atoms. The average Bonchev–Trinajstić information content (AvgIpc) is 4.22. The Bertz CT molecular complexity index is 2770. The van der Waals surface area contributed by atoms with Gasteiger partial charge in [-0.2, -0.15) is 0 Å². The summed E-state index contributed by atoms with van der Waals surface area (Å²) >= 11 is 0. The van der Waals surface area contributed by atoms with E-state index < -0.39 is 0 Å². The Morgan fingerprint density at radius 1 is 0.449 bits per heavy atom. The Morgan fingerprint density at radius 2 is 0.855 bits per heavy atom. The quantitative estimate of drug-likeness (QED) is 0.0408. The summed E-state index contributed by atoms with van der Waals surface area (Å²) in [5.74, 6) is 14.9. The molecule has 2 aromatic carbocycles. The molecule has 2 unspecified atom stereocenters. The summed E-state index contributed by atoms with van der Waals surface area (Å²) in [4.78, 5) is 24.5. The predicted molar refractivity (Wildman–Crippen MR) is 292 cm³/mol. The van der Waals surface area contributed by atoms with Crippen LogP contribution >= 0.6 is 0 Å². The van der Waals surface area contributed by atoms with Gasteiger partial charge in [0.15, 0.2) is 0 Å². The van der Waals surface area contributed by atoms with Gasteiger partial charge in [-0.15, -0.1) is 22.1 Å². The van der Waals surface area contributed by atoms with Crippen LogP contribution in [0.1, 0.15) is 218 Å². The van der Waals surface area contributed by atoms with E-state index in [2.05, 4.69) is 174 Å². The van der Waals surface area contributed by atoms with Crippen molar-refractivity contribution in [2.45, 2.75) is 163 Å². The van der Waals surface area contributed by atoms with Gasteiger partial charge in [0.05, 0.1) is 22.8 Å². The first-order valence-corrected chi connectivity index (χ1v) is 26.4. The van der Waals surface area contributed by atoms with Gasteiger partial charge in [0.25, 0.3) is 0 Å². The van der Waals surface area contributed by atoms with Crippen LogP contribution in [-0.4, -0.2) is 23.1 Å². The molecule has 0 amide bonds. The Hall–Kier alpha value is -5.42. The predicted octanol–water partition coefficient (Wildman–Crippen LogP) is 16.4. The summed E-state index contributed by atoms with van der Waals surface area (Å²) in [7, 11) is 0. The van der Waals surface area contributed by atoms with E-state index in [4.69, 9.17) is 19.9 Å². The molecule has 69 heavy (non-hydrogen) atoms. The maximum Gasteiger partial charge on any atom is 2.00 e. The van der Waals surface area contributed by atoms with Crippen molar-refractivity contribution in [1.82, 2.24) is 19.9 Å². The molecule has 0 radical (unpaired) electrons. The molecule has 0 saturated heterocycles. The SMILES string of the molecule is CCCCCCN(CCCCCC)c1ccc(C#Cc2c3nc(c(C(CC)CCCC)c4ccc([n-]4)c(C#Cc4ccc(C)cc4)c4nc(c(C(CC)CCCC)c5ccc2[n-]5)C=C4)C=C3)cc1.[Zn+2]. The number of unbranched alkanes of at least 4 members (excludes halogenated alkanes) is 8. The van der Waals surface area contributed by atoms with Crippen LogP contribution in [0.2, 0.25) is 0 Å². The zero-order valence-corrected chi connectivity index (χ0v) is 46.0. The Balaban J connectivity index is 0.00000782. The first-order valence-electron chi connectivity index (χ1n) is 26.4. The molecule has 0 saturated carbocycles. The van der Waals surface area contributed by atoms with Crippen molar-refractivity contribution in [3.8, 4) is 23.7 Å². The fourth-order valence-corrected chi connectivity index (χ4v) is 9.72. The minimum Gasteiger partial charge on any atom is -0.656 e. The molecule has 2 atom stereocenters. The van der Waals surface area contributed by atoms with Crippen LogP contribution < -0.4 is 14.9 Å². The van der Waals surface area contributed by atoms with Crippen LogP contribution in [0.5, 0.6) is 0 Å². The van der Waals surface area contributed by atoms with E-state index in [9.17, 15) is 0 Å². The number of fused-ring (bicyclic) bond motifs is 8. The fourth-order valence-electron chi connectivity index (χ4n) is 9.72. The zero-order chi connectivity index (χ0) is 47.7. The molecule has 2 aliphatic rings. The number of benzene rings is 2. The van der Waals surface area contributed by atoms with Gasteiger partial charge in [0.2, 0.25) is 0 Å². The largest absolute Gasteiger partial charge is 2.00 e. The molecule has 0 aliphatic carbocycles. The van der Waals surface area contributed by atoms with Crippen molar-refractivity contribution in [1.29, 1.82) is 0 Å². The van der Waals surface area contributed by atoms with Gasteiger partial charge in [-0.1, -0.05) is 171 Å². The van der Waals surface area contributed by atoms with Crippen LogP contribution in [0.3, 0.4) is 0 Å². The number of nitrogens with zero attached hydrogens (tertiary/aromatic N) is 5. The summed E-state index contributed by atoms with van der Waals surface area (Å²) in [5, 5.41) is 0. The summed E-state index contributed by atoms with van der Waals surface area (Å²) in [6, 6.07) is 26.0. The molecule has 2 aliphatic heterocycles. The van der Waals surface area contributed by atoms with Crippen LogP contribution in [0.25, 0.3) is 46.4 Å². The average molecular weight is 968 g/mol. The van der Waals surface area contributed by atoms with E-state index in [-0.39, 0.29) is 31.3 Å². The van der Waals surface area contributed by atoms with E-state index in [0.29, 0.717) is 0 Å². The molecule has 5 heterocycles. The first kappa shape index (κ1) is 52.9. The second-order valence-corrected chi connectivity index (χ2v) is 19.0. The smallest absolute Gasteiger partial charge is 0.656 e. The molecule has 5 nitrogen and oxygen atoms in total. The van der Waals surface area contributed by atoms with E-state index in [0.717, 1.165) is 132 Å². The van der Waals surface area contributed by atoms with E-state index in [1.165, 1.54) is 73.7 Å². The number of rotatable bonds is 21. The number of aryl methyl sites for hydroxylation is 1. The maximum atomic E-state index is 5.49. The molecule has 8 bridgehead atoms. The van der Waals surface area contributed by atoms with Crippen LogP contribution in [0.15, 0.2) is 72.8 Å². The van der Waals surface area contributed by atoms with Crippen molar-refractivity contribution in [3.05, 3.63) is 135 Å². The Labute approximate surface area is 428 Å². The van der Waals surface area contributed by atoms with Gasteiger partial charge in [-0.3, -0.25) is 0 Å². The van der Waals surface area contributed by atoms with Gasteiger partial charge in [-0.05, 0) is 129 Å². The Kier molecular flexibility index (Phi) is 20.8. The molecule has 7 rings (SSSR count). The van der Waals surface area contributed by atoms with Crippen molar-refractivity contribution in [2.24, 2.45) is 0 Å². The van der Waals surface area contributed by atoms with Gasteiger partial charge < -0.3 is 14.9 Å². The van der Waals surface area contributed by atoms with E-state index in [1.807, 2.05) is 0 Å². The minimum atomic E-state index is 0. The molecule has 354 valence electrons. The van der Waals surface area contributed by atoms with Crippen molar-refractivity contribution in [2.75, 3.05) is 18.0 Å². The molecule has 0 fully saturated rings. The minimum absolute atomic E-state index is 0. The molecular formula is C63H75N5Zn. The number of anilines is 1. The second kappa shape index (κ2) is 27.1. The molecule has 5 aromatic rings. The molecule has 3 aromatic heterocycles. The second-order valence-electron chi connectivity index (χ2n) is 19.0. The molecule has 6 heteroatoms. The van der Waals surface area contributed by atoms with Crippen molar-refractivity contribution in [3.63, 3.8) is 0 Å². The first-order chi connectivity index (χ1) is 33.4. The summed E-state index contributed by atoms with van der Waals surface area (Å²) in [6.45, 7) is 18.0. The number of hydrogen-bond acceptors (Lipinski definition) is 3. The third kappa shape index (κ3) is 13.9. The molecular weight excluding hydrogens is 892 g/mol. The molecule has 0 N–H and O–H groups in total. The topological polar surface area (TPSA) is 57.2 Å². The standard InChI is InChI=1S/C63H75N5.Zn/c1-8-14-18-20-44-68(45-21-19-15-9-2)51-32-28-48(29-33-51)31-35-53-56-38-42-60(66-56)62(49(12-5)22-16-10-3)58-40-36-54(64-58)52(34-30-47-26-24-46(7)25-27-47)55-37-41-59(65-55)63(50(13-6)23-17-11-4)61-43-39-57(53)67-61;/h24-29,32-33,36-43,49-50H,8-23,44-45H2,1-7H3;/q-2;+2. The van der Waals surface area contributed by atoms with E-state index in [1.54, 1.807) is 0 Å². The van der Waals surface area contributed by atoms with Gasteiger partial charge >= 0.3 is 19.5 Å². The van der Waals surface area contributed by atoms with Gasteiger partial charge in [-0.25, -0.2) is 9.97 Å². The van der Waals surface area contributed by atoms with Gasteiger partial charge in [0, 0.05) is 41.0 Å². The van der Waals surface area contributed by atoms with E-state index >= 15 is 0 Å². The summed E-state index contributed by atoms with van der Waals surface area (Å²) in [5.41, 5.74) is 15.6. The summed E-state index contributed by atoms with van der Waals surface area (Å²) < 4.78 is 0. The zero-order valence-electron chi connectivity index (χ0n) is 43.1. The summed E-state index contributed by atoms with van der Waals surface area (Å²) in [6.07, 6.45) is 27.4. The van der Waals surface area contributed by atoms with Gasteiger partial charge in [0.1, 0.15) is 0 Å². The van der Waals surface area contributed by atoms with Crippen LogP contribution in [-0.2, 0) is 19.5 Å². The van der Waals surface area contributed by atoms with Crippen LogP contribution in [0.4, 0.5) is 5.69 Å². The van der Waals surface area contributed by atoms with Crippen molar-refractivity contribution < 1.29 is 19.5 Å². The Morgan fingerprint density at radius 3 is 1.28 bits per heavy atom. The fraction of sp³-hybridized carbons (Fsp3) is 0.429. The number of aromatic nitrogens is 4. The van der Waals surface area contributed by atoms with Crippen molar-refractivity contribution >= 4 is 52.1 Å². The normalized spacial score (nSPS) is 12.4. The van der Waals surface area contributed by atoms with Crippen LogP contribution in [0, 0.1) is 30.6 Å². The maximum absolute atomic E-state index is 5.49. The monoisotopic (exact) mass is 966 g/mol.